The molecule has 6 nitrogen and oxygen atoms in total. The second kappa shape index (κ2) is 9.90. The molecule has 1 saturated carbocycles. The molecule has 1 aliphatic heterocycles. The highest BCUT2D eigenvalue weighted by Crippen LogP contribution is 2.59. The zero-order chi connectivity index (χ0) is 24.3. The number of hydrogen-bond donors (Lipinski definition) is 1. The van der Waals surface area contributed by atoms with Crippen LogP contribution in [-0.2, 0) is 4.79 Å². The Balaban J connectivity index is 1.13. The normalized spacial score (nSPS) is 18.4. The number of carbonyl (C=O) groups excluding carboxylic acids is 2. The van der Waals surface area contributed by atoms with Crippen molar-refractivity contribution in [2.45, 2.75) is 31.6 Å². The van der Waals surface area contributed by atoms with E-state index in [0.717, 1.165) is 25.7 Å². The van der Waals surface area contributed by atoms with E-state index in [1.165, 1.54) is 23.5 Å². The van der Waals surface area contributed by atoms with Gasteiger partial charge in [-0.2, -0.15) is 4.73 Å². The fraction of sp³-hybridized carbons (Fsp3) is 0.345. The van der Waals surface area contributed by atoms with E-state index in [1.54, 1.807) is 17.0 Å². The maximum absolute atomic E-state index is 13.0. The smallest absolute Gasteiger partial charge is 0.259 e. The lowest BCUT2D eigenvalue weighted by molar-refractivity contribution is -0.605. The van der Waals surface area contributed by atoms with Gasteiger partial charge in [0.1, 0.15) is 5.56 Å². The van der Waals surface area contributed by atoms with Gasteiger partial charge < -0.3 is 15.4 Å². The summed E-state index contributed by atoms with van der Waals surface area (Å²) in [6.07, 6.45) is 6.09. The lowest BCUT2D eigenvalue weighted by Gasteiger charge is -2.32. The average molecular weight is 470 g/mol. The highest BCUT2D eigenvalue weighted by Gasteiger charge is 2.58. The first-order valence-electron chi connectivity index (χ1n) is 12.4. The Hall–Kier alpha value is -3.67. The topological polar surface area (TPSA) is 76.4 Å². The molecule has 35 heavy (non-hydrogen) atoms. The number of nitrogens with zero attached hydrogens (tertiary/aromatic N) is 2. The van der Waals surface area contributed by atoms with Gasteiger partial charge in [-0.1, -0.05) is 60.7 Å². The molecule has 1 atom stereocenters. The van der Waals surface area contributed by atoms with Gasteiger partial charge >= 0.3 is 0 Å². The summed E-state index contributed by atoms with van der Waals surface area (Å²) in [6, 6.07) is 24.2. The maximum Gasteiger partial charge on any atom is 0.259 e. The largest absolute Gasteiger partial charge is 0.619 e. The lowest BCUT2D eigenvalue weighted by Crippen LogP contribution is -2.41. The first-order valence-corrected chi connectivity index (χ1v) is 12.4. The van der Waals surface area contributed by atoms with E-state index in [1.807, 2.05) is 12.1 Å². The van der Waals surface area contributed by atoms with Crippen molar-refractivity contribution in [3.05, 3.63) is 107 Å². The van der Waals surface area contributed by atoms with Crippen LogP contribution in [0.5, 0.6) is 0 Å². The van der Waals surface area contributed by atoms with Gasteiger partial charge in [0, 0.05) is 37.5 Å². The number of piperidine rings is 1. The predicted octanol–water partition coefficient (Wildman–Crippen LogP) is 3.90. The minimum Gasteiger partial charge on any atom is -0.619 e. The number of amides is 2. The summed E-state index contributed by atoms with van der Waals surface area (Å²) < 4.78 is 0.653. The summed E-state index contributed by atoms with van der Waals surface area (Å²) in [6.45, 7) is 1.88. The standard InChI is InChI=1S/C29H31N3O3/c33-27(30-16-13-25(22-8-3-1-4-9-22)23-10-5-2-6-11-23)26-20-29(26)14-18-31(19-15-29)28(34)24-12-7-17-32(35)21-24/h1-12,17,21,25-26H,13-16,18-20H2,(H,30,33)/t26-/m1/s1. The van der Waals surface area contributed by atoms with Crippen molar-refractivity contribution in [2.75, 3.05) is 19.6 Å². The molecule has 180 valence electrons. The summed E-state index contributed by atoms with van der Waals surface area (Å²) in [4.78, 5) is 27.5. The van der Waals surface area contributed by atoms with E-state index in [2.05, 4.69) is 53.8 Å². The molecule has 2 amide bonds. The van der Waals surface area contributed by atoms with Crippen molar-refractivity contribution in [1.82, 2.24) is 10.2 Å². The molecule has 1 aromatic heterocycles. The second-order valence-corrected chi connectivity index (χ2v) is 9.82. The molecule has 2 heterocycles. The number of pyridine rings is 1. The first kappa shape index (κ1) is 23.1. The summed E-state index contributed by atoms with van der Waals surface area (Å²) in [5.41, 5.74) is 2.95. The van der Waals surface area contributed by atoms with Crippen molar-refractivity contribution in [2.24, 2.45) is 11.3 Å². The zero-order valence-electron chi connectivity index (χ0n) is 19.8. The molecule has 2 aliphatic rings. The minimum absolute atomic E-state index is 0.0221. The zero-order valence-corrected chi connectivity index (χ0v) is 19.8. The molecular formula is C29H31N3O3. The van der Waals surface area contributed by atoms with Crippen LogP contribution < -0.4 is 10.0 Å². The average Bonchev–Trinajstić information content (AvgIpc) is 3.60. The summed E-state index contributed by atoms with van der Waals surface area (Å²) in [7, 11) is 0. The minimum atomic E-state index is -0.112. The van der Waals surface area contributed by atoms with Crippen LogP contribution >= 0.6 is 0 Å². The molecule has 2 fully saturated rings. The number of carbonyl (C=O) groups is 2. The van der Waals surface area contributed by atoms with Gasteiger partial charge in [-0.25, -0.2) is 0 Å². The van der Waals surface area contributed by atoms with E-state index in [4.69, 9.17) is 0 Å². The number of hydrogen-bond acceptors (Lipinski definition) is 3. The molecule has 1 spiro atoms. The number of likely N-dealkylation sites (tertiary alicyclic amines) is 1. The van der Waals surface area contributed by atoms with E-state index in [0.29, 0.717) is 29.9 Å². The Kier molecular flexibility index (Phi) is 6.53. The highest BCUT2D eigenvalue weighted by molar-refractivity contribution is 5.93. The van der Waals surface area contributed by atoms with Crippen molar-refractivity contribution in [3.8, 4) is 0 Å². The summed E-state index contributed by atoms with van der Waals surface area (Å²) in [5.74, 6) is 0.303. The summed E-state index contributed by atoms with van der Waals surface area (Å²) in [5, 5.41) is 14.7. The molecule has 2 aromatic carbocycles. The molecule has 0 bridgehead atoms. The maximum atomic E-state index is 13.0. The van der Waals surface area contributed by atoms with Crippen LogP contribution in [0.15, 0.2) is 85.2 Å². The molecule has 1 N–H and O–H groups in total. The lowest BCUT2D eigenvalue weighted by atomic mass is 9.88. The third kappa shape index (κ3) is 5.06. The Labute approximate surface area is 206 Å². The molecule has 1 aliphatic carbocycles. The van der Waals surface area contributed by atoms with Crippen molar-refractivity contribution >= 4 is 11.8 Å². The van der Waals surface area contributed by atoms with Crippen LogP contribution in [0.2, 0.25) is 0 Å². The molecule has 3 aromatic rings. The van der Waals surface area contributed by atoms with Gasteiger partial charge in [0.05, 0.1) is 0 Å². The van der Waals surface area contributed by atoms with Crippen LogP contribution in [-0.4, -0.2) is 36.3 Å². The Morgan fingerprint density at radius 3 is 2.20 bits per heavy atom. The molecule has 1 saturated heterocycles. The van der Waals surface area contributed by atoms with E-state index in [-0.39, 0.29) is 29.1 Å². The van der Waals surface area contributed by atoms with Gasteiger partial charge in [-0.05, 0) is 48.3 Å². The molecule has 5 rings (SSSR count). The van der Waals surface area contributed by atoms with Gasteiger partial charge in [0.2, 0.25) is 5.91 Å². The van der Waals surface area contributed by atoms with Gasteiger partial charge in [0.15, 0.2) is 12.4 Å². The van der Waals surface area contributed by atoms with E-state index >= 15 is 0 Å². The second-order valence-electron chi connectivity index (χ2n) is 9.82. The fourth-order valence-electron chi connectivity index (χ4n) is 5.55. The molecule has 0 unspecified atom stereocenters. The third-order valence-corrected chi connectivity index (χ3v) is 7.71. The van der Waals surface area contributed by atoms with E-state index in [9.17, 15) is 14.8 Å². The van der Waals surface area contributed by atoms with Gasteiger partial charge in [-0.3, -0.25) is 9.59 Å². The number of nitrogens with one attached hydrogen (secondary N) is 1. The Morgan fingerprint density at radius 2 is 1.60 bits per heavy atom. The van der Waals surface area contributed by atoms with Crippen LogP contribution in [0, 0.1) is 16.5 Å². The molecule has 6 heteroatoms. The van der Waals surface area contributed by atoms with Gasteiger partial charge in [0.25, 0.3) is 5.91 Å². The summed E-state index contributed by atoms with van der Waals surface area (Å²) >= 11 is 0. The van der Waals surface area contributed by atoms with Crippen molar-refractivity contribution in [1.29, 1.82) is 0 Å². The predicted molar refractivity (Wildman–Crippen MR) is 133 cm³/mol. The monoisotopic (exact) mass is 469 g/mol. The quantitative estimate of drug-likeness (QED) is 0.421. The molecular weight excluding hydrogens is 438 g/mol. The van der Waals surface area contributed by atoms with Crippen LogP contribution in [0.1, 0.15) is 53.1 Å². The SMILES string of the molecule is O=C(NCCC(c1ccccc1)c1ccccc1)[C@H]1CC12CCN(C(=O)c1ccc[n+]([O-])c1)CC2. The third-order valence-electron chi connectivity index (χ3n) is 7.71. The van der Waals surface area contributed by atoms with Crippen molar-refractivity contribution in [3.63, 3.8) is 0 Å². The number of rotatable bonds is 7. The van der Waals surface area contributed by atoms with E-state index < -0.39 is 0 Å². The van der Waals surface area contributed by atoms with Gasteiger partial charge in [-0.15, -0.1) is 0 Å². The Bertz CT molecular complexity index is 1130. The van der Waals surface area contributed by atoms with Crippen LogP contribution in [0.3, 0.4) is 0 Å². The first-order chi connectivity index (χ1) is 17.1. The number of aromatic nitrogens is 1. The molecule has 0 radical (unpaired) electrons. The fourth-order valence-corrected chi connectivity index (χ4v) is 5.55. The Morgan fingerprint density at radius 1 is 0.971 bits per heavy atom. The number of benzene rings is 2. The van der Waals surface area contributed by atoms with Crippen molar-refractivity contribution < 1.29 is 14.3 Å². The van der Waals surface area contributed by atoms with Crippen LogP contribution in [0.25, 0.3) is 0 Å². The van der Waals surface area contributed by atoms with Crippen LogP contribution in [0.4, 0.5) is 0 Å². The highest BCUT2D eigenvalue weighted by atomic mass is 16.5.